The zero-order chi connectivity index (χ0) is 32.6. The molecule has 9 rings (SSSR count). The van der Waals surface area contributed by atoms with Gasteiger partial charge in [0, 0.05) is 0 Å². The molecule has 0 amide bonds. The van der Waals surface area contributed by atoms with Gasteiger partial charge in [0.15, 0.2) is 0 Å². The van der Waals surface area contributed by atoms with E-state index in [1.54, 1.807) is 0 Å². The molecule has 0 N–H and O–H groups in total. The van der Waals surface area contributed by atoms with Crippen LogP contribution in [0.5, 0.6) is 0 Å². The Bertz CT molecular complexity index is 2470. The van der Waals surface area contributed by atoms with Crippen molar-refractivity contribution in [3.63, 3.8) is 0 Å². The number of hydrogen-bond donors (Lipinski definition) is 0. The van der Waals surface area contributed by atoms with Gasteiger partial charge in [-0.25, -0.2) is 0 Å². The molecule has 0 nitrogen and oxygen atoms in total. The summed E-state index contributed by atoms with van der Waals surface area (Å²) >= 11 is 0. The first-order valence-corrected chi connectivity index (χ1v) is 18.2. The summed E-state index contributed by atoms with van der Waals surface area (Å²) in [5.41, 5.74) is 7.51. The highest BCUT2D eigenvalue weighted by Gasteiger charge is 2.18. The van der Waals surface area contributed by atoms with Gasteiger partial charge in [-0.3, -0.25) is 0 Å². The van der Waals surface area contributed by atoms with Crippen LogP contribution in [0.2, 0.25) is 0 Å². The van der Waals surface area contributed by atoms with Crippen LogP contribution in [0.25, 0.3) is 65.7 Å². The third kappa shape index (κ3) is 5.41. The van der Waals surface area contributed by atoms with Crippen molar-refractivity contribution < 1.29 is 0 Å². The molecule has 9 aromatic carbocycles. The molecule has 0 spiro atoms. The maximum Gasteiger partial charge on any atom is -0.00262 e. The van der Waals surface area contributed by atoms with Crippen LogP contribution in [0.3, 0.4) is 0 Å². The summed E-state index contributed by atoms with van der Waals surface area (Å²) in [7, 11) is -0.626. The number of rotatable bonds is 6. The van der Waals surface area contributed by atoms with Crippen molar-refractivity contribution in [1.82, 2.24) is 0 Å². The highest BCUT2D eigenvalue weighted by molar-refractivity contribution is 7.79. The van der Waals surface area contributed by atoms with Gasteiger partial charge in [-0.15, -0.1) is 0 Å². The largest absolute Gasteiger partial charge is 0.0622 e. The van der Waals surface area contributed by atoms with Crippen LogP contribution in [0, 0.1) is 0 Å². The summed E-state index contributed by atoms with van der Waals surface area (Å²) in [6.07, 6.45) is 0. The van der Waals surface area contributed by atoms with Gasteiger partial charge in [-0.05, 0) is 95.6 Å². The molecule has 9 aromatic rings. The maximum absolute atomic E-state index is 2.34. The third-order valence-electron chi connectivity index (χ3n) is 9.63. The molecule has 1 heteroatoms. The zero-order valence-corrected chi connectivity index (χ0v) is 27.9. The minimum atomic E-state index is -0.626. The van der Waals surface area contributed by atoms with Crippen molar-refractivity contribution in [3.8, 4) is 33.4 Å². The van der Waals surface area contributed by atoms with Crippen LogP contribution in [0.15, 0.2) is 200 Å². The summed E-state index contributed by atoms with van der Waals surface area (Å²) in [6.45, 7) is 0. The van der Waals surface area contributed by atoms with E-state index in [1.165, 1.54) is 81.6 Å². The van der Waals surface area contributed by atoms with Gasteiger partial charge in [0.1, 0.15) is 0 Å². The second-order valence-electron chi connectivity index (χ2n) is 12.5. The molecule has 0 aliphatic rings. The van der Waals surface area contributed by atoms with E-state index in [0.29, 0.717) is 0 Å². The molecule has 230 valence electrons. The highest BCUT2D eigenvalue weighted by atomic mass is 31.1. The Labute approximate surface area is 288 Å². The van der Waals surface area contributed by atoms with Gasteiger partial charge >= 0.3 is 0 Å². The quantitative estimate of drug-likeness (QED) is 0.125. The predicted octanol–water partition coefficient (Wildman–Crippen LogP) is 11.9. The van der Waals surface area contributed by atoms with Crippen molar-refractivity contribution in [2.24, 2.45) is 0 Å². The van der Waals surface area contributed by atoms with E-state index >= 15 is 0 Å². The van der Waals surface area contributed by atoms with Crippen LogP contribution < -0.4 is 15.9 Å². The number of benzene rings is 9. The SMILES string of the molecule is c1ccc(P(c2ccccc2)c2ccc(-c3ccc(-c4c5ccccc5c(-c5ccc6ccccc6c5)c5ccccc45)cc3)cc2)cc1. The first kappa shape index (κ1) is 29.3. The molecule has 0 saturated carbocycles. The average Bonchev–Trinajstić information content (AvgIpc) is 3.18. The minimum absolute atomic E-state index is 0.626. The number of fused-ring (bicyclic) bond motifs is 3. The van der Waals surface area contributed by atoms with Crippen LogP contribution >= 0.6 is 7.92 Å². The summed E-state index contributed by atoms with van der Waals surface area (Å²) in [4.78, 5) is 0. The Balaban J connectivity index is 1.12. The Morgan fingerprint density at radius 2 is 0.612 bits per heavy atom. The molecule has 49 heavy (non-hydrogen) atoms. The van der Waals surface area contributed by atoms with E-state index in [4.69, 9.17) is 0 Å². The minimum Gasteiger partial charge on any atom is -0.0622 e. The van der Waals surface area contributed by atoms with E-state index in [0.717, 1.165) is 0 Å². The molecule has 0 radical (unpaired) electrons. The van der Waals surface area contributed by atoms with Crippen molar-refractivity contribution in [2.75, 3.05) is 0 Å². The average molecular weight is 641 g/mol. The molecule has 0 aromatic heterocycles. The lowest BCUT2D eigenvalue weighted by Crippen LogP contribution is -2.20. The van der Waals surface area contributed by atoms with Crippen molar-refractivity contribution in [3.05, 3.63) is 200 Å². The molecule has 0 aliphatic heterocycles. The summed E-state index contributed by atoms with van der Waals surface area (Å²) in [5.74, 6) is 0. The molecule has 0 aliphatic carbocycles. The van der Waals surface area contributed by atoms with Gasteiger partial charge in [0.25, 0.3) is 0 Å². The first-order valence-electron chi connectivity index (χ1n) is 16.9. The fraction of sp³-hybridized carbons (Fsp3) is 0. The lowest BCUT2D eigenvalue weighted by Gasteiger charge is -2.20. The monoisotopic (exact) mass is 640 g/mol. The molecule has 0 heterocycles. The van der Waals surface area contributed by atoms with Crippen molar-refractivity contribution >= 4 is 56.2 Å². The Morgan fingerprint density at radius 1 is 0.245 bits per heavy atom. The molecule has 0 fully saturated rings. The smallest absolute Gasteiger partial charge is 0.00262 e. The fourth-order valence-electron chi connectivity index (χ4n) is 7.33. The lowest BCUT2D eigenvalue weighted by molar-refractivity contribution is 1.62. The van der Waals surface area contributed by atoms with Gasteiger partial charge in [-0.2, -0.15) is 0 Å². The van der Waals surface area contributed by atoms with Crippen molar-refractivity contribution in [1.29, 1.82) is 0 Å². The highest BCUT2D eigenvalue weighted by Crippen LogP contribution is 2.44. The Kier molecular flexibility index (Phi) is 7.58. The topological polar surface area (TPSA) is 0 Å². The van der Waals surface area contributed by atoms with E-state index in [-0.39, 0.29) is 0 Å². The number of hydrogen-bond acceptors (Lipinski definition) is 0. The zero-order valence-electron chi connectivity index (χ0n) is 27.0. The molecular formula is C48H33P. The molecule has 0 bridgehead atoms. The van der Waals surface area contributed by atoms with E-state index in [9.17, 15) is 0 Å². The molecule has 0 atom stereocenters. The van der Waals surface area contributed by atoms with Gasteiger partial charge in [-0.1, -0.05) is 194 Å². The first-order chi connectivity index (χ1) is 24.3. The fourth-order valence-corrected chi connectivity index (χ4v) is 9.61. The predicted molar refractivity (Wildman–Crippen MR) is 214 cm³/mol. The van der Waals surface area contributed by atoms with Crippen molar-refractivity contribution in [2.45, 2.75) is 0 Å². The van der Waals surface area contributed by atoms with Crippen LogP contribution in [-0.4, -0.2) is 0 Å². The molecule has 0 saturated heterocycles. The normalized spacial score (nSPS) is 11.4. The summed E-state index contributed by atoms with van der Waals surface area (Å²) in [6, 6.07) is 73.5. The van der Waals surface area contributed by atoms with Gasteiger partial charge in [0.2, 0.25) is 0 Å². The Morgan fingerprint density at radius 3 is 1.14 bits per heavy atom. The summed E-state index contributed by atoms with van der Waals surface area (Å²) < 4.78 is 0. The second kappa shape index (κ2) is 12.7. The Hall–Kier alpha value is -5.81. The van der Waals surface area contributed by atoms with Gasteiger partial charge in [0.05, 0.1) is 0 Å². The van der Waals surface area contributed by atoms with Crippen LogP contribution in [0.1, 0.15) is 0 Å². The van der Waals surface area contributed by atoms with Crippen LogP contribution in [-0.2, 0) is 0 Å². The van der Waals surface area contributed by atoms with Gasteiger partial charge < -0.3 is 0 Å². The molecule has 0 unspecified atom stereocenters. The van der Waals surface area contributed by atoms with E-state index < -0.39 is 7.92 Å². The molecular weight excluding hydrogens is 608 g/mol. The van der Waals surface area contributed by atoms with E-state index in [1.807, 2.05) is 0 Å². The van der Waals surface area contributed by atoms with E-state index in [2.05, 4.69) is 200 Å². The second-order valence-corrected chi connectivity index (χ2v) is 14.8. The van der Waals surface area contributed by atoms with Crippen LogP contribution in [0.4, 0.5) is 0 Å². The maximum atomic E-state index is 2.34. The lowest BCUT2D eigenvalue weighted by atomic mass is 9.85. The standard InChI is InChI=1S/C48H33P/c1-3-15-40(16-4-1)49(41-17-5-2-6-18-41)42-31-29-36(30-32-42)35-23-26-37(27-24-35)47-43-19-9-11-21-45(43)48(46-22-12-10-20-44(46)47)39-28-25-34-13-7-8-14-38(34)33-39/h1-33H. The third-order valence-corrected chi connectivity index (χ3v) is 12.1. The summed E-state index contributed by atoms with van der Waals surface area (Å²) in [5, 5.41) is 11.7.